The van der Waals surface area contributed by atoms with Crippen molar-refractivity contribution in [3.8, 4) is 0 Å². The molecule has 94 valence electrons. The van der Waals surface area contributed by atoms with Crippen LogP contribution in [0.1, 0.15) is 31.7 Å². The van der Waals surface area contributed by atoms with Gasteiger partial charge >= 0.3 is 0 Å². The highest BCUT2D eigenvalue weighted by Crippen LogP contribution is 2.23. The molecule has 1 aromatic rings. The predicted molar refractivity (Wildman–Crippen MR) is 68.9 cm³/mol. The average molecular weight is 253 g/mol. The second-order valence-electron chi connectivity index (χ2n) is 4.98. The van der Waals surface area contributed by atoms with Crippen molar-refractivity contribution in [3.05, 3.63) is 16.6 Å². The molecule has 0 saturated carbocycles. The minimum atomic E-state index is -0.365. The fourth-order valence-corrected chi connectivity index (χ4v) is 2.80. The van der Waals surface area contributed by atoms with Crippen LogP contribution in [0.15, 0.2) is 11.6 Å². The summed E-state index contributed by atoms with van der Waals surface area (Å²) >= 11 is 1.58. The van der Waals surface area contributed by atoms with Gasteiger partial charge in [0.25, 0.3) is 0 Å². The van der Waals surface area contributed by atoms with Crippen molar-refractivity contribution in [1.29, 1.82) is 0 Å². The van der Waals surface area contributed by atoms with E-state index in [1.807, 2.05) is 19.2 Å². The van der Waals surface area contributed by atoms with Gasteiger partial charge in [-0.15, -0.1) is 11.3 Å². The first-order valence-electron chi connectivity index (χ1n) is 6.02. The summed E-state index contributed by atoms with van der Waals surface area (Å²) in [4.78, 5) is 16.4. The van der Waals surface area contributed by atoms with Crippen LogP contribution in [0.2, 0.25) is 0 Å². The lowest BCUT2D eigenvalue weighted by Crippen LogP contribution is -2.46. The van der Waals surface area contributed by atoms with Crippen LogP contribution in [0.5, 0.6) is 0 Å². The van der Waals surface area contributed by atoms with Crippen molar-refractivity contribution < 1.29 is 4.79 Å². The second-order valence-corrected chi connectivity index (χ2v) is 5.87. The number of carbonyl (C=O) groups is 1. The Balaban J connectivity index is 1.97. The van der Waals surface area contributed by atoms with Gasteiger partial charge in [-0.05, 0) is 39.8 Å². The first-order chi connectivity index (χ1) is 8.09. The molecule has 4 nitrogen and oxygen atoms in total. The number of rotatable bonds is 3. The lowest BCUT2D eigenvalue weighted by atomic mass is 9.95. The molecule has 1 aromatic heterocycles. The van der Waals surface area contributed by atoms with E-state index in [0.29, 0.717) is 0 Å². The normalized spacial score (nSPS) is 18.0. The molecule has 0 atom stereocenters. The number of hydrogen-bond donors (Lipinski definition) is 2. The molecule has 0 spiro atoms. The monoisotopic (exact) mass is 253 g/mol. The molecule has 1 saturated heterocycles. The Morgan fingerprint density at radius 1 is 1.53 bits per heavy atom. The summed E-state index contributed by atoms with van der Waals surface area (Å²) in [5, 5.41) is 9.28. The van der Waals surface area contributed by atoms with E-state index >= 15 is 0 Å². The zero-order valence-electron chi connectivity index (χ0n) is 10.3. The van der Waals surface area contributed by atoms with Gasteiger partial charge in [0, 0.05) is 17.5 Å². The van der Waals surface area contributed by atoms with Gasteiger partial charge in [-0.1, -0.05) is 0 Å². The van der Waals surface area contributed by atoms with E-state index in [1.54, 1.807) is 17.5 Å². The summed E-state index contributed by atoms with van der Waals surface area (Å²) in [6, 6.07) is 0. The molecule has 1 amide bonds. The Morgan fingerprint density at radius 2 is 2.24 bits per heavy atom. The van der Waals surface area contributed by atoms with E-state index in [9.17, 15) is 4.79 Å². The van der Waals surface area contributed by atoms with Crippen LogP contribution in [0.3, 0.4) is 0 Å². The molecule has 1 aliphatic rings. The Bertz CT molecular complexity index is 369. The Hall–Kier alpha value is -0.940. The third-order valence-corrected chi connectivity index (χ3v) is 4.21. The topological polar surface area (TPSA) is 54.0 Å². The highest BCUT2D eigenvalue weighted by Gasteiger charge is 2.29. The summed E-state index contributed by atoms with van der Waals surface area (Å²) in [5.74, 6) is 0.308. The number of nitrogens with zero attached hydrogens (tertiary/aromatic N) is 1. The molecule has 0 unspecified atom stereocenters. The van der Waals surface area contributed by atoms with Gasteiger partial charge in [-0.25, -0.2) is 4.98 Å². The smallest absolute Gasteiger partial charge is 0.223 e. The minimum absolute atomic E-state index is 0.149. The Morgan fingerprint density at radius 3 is 2.82 bits per heavy atom. The summed E-state index contributed by atoms with van der Waals surface area (Å²) in [6.45, 7) is 5.89. The standard InChI is InChI=1S/C12H19N3OS/c1-12(2,11-14-7-8-17-11)15-10(16)9-3-5-13-6-4-9/h7-9,13H,3-6H2,1-2H3,(H,15,16). The van der Waals surface area contributed by atoms with E-state index in [2.05, 4.69) is 15.6 Å². The number of thiazole rings is 1. The van der Waals surface area contributed by atoms with Crippen LogP contribution in [0, 0.1) is 5.92 Å². The number of hydrogen-bond acceptors (Lipinski definition) is 4. The van der Waals surface area contributed by atoms with E-state index in [-0.39, 0.29) is 17.4 Å². The molecule has 2 N–H and O–H groups in total. The number of carbonyl (C=O) groups excluding carboxylic acids is 1. The first kappa shape index (κ1) is 12.5. The lowest BCUT2D eigenvalue weighted by Gasteiger charge is -2.28. The molecule has 0 aromatic carbocycles. The molecule has 1 aliphatic heterocycles. The molecular weight excluding hydrogens is 234 g/mol. The SMILES string of the molecule is CC(C)(NC(=O)C1CCNCC1)c1nccs1. The third-order valence-electron chi connectivity index (χ3n) is 3.11. The highest BCUT2D eigenvalue weighted by atomic mass is 32.1. The van der Waals surface area contributed by atoms with Crippen LogP contribution in [0.25, 0.3) is 0 Å². The van der Waals surface area contributed by atoms with Crippen molar-refractivity contribution >= 4 is 17.2 Å². The zero-order valence-corrected chi connectivity index (χ0v) is 11.1. The van der Waals surface area contributed by atoms with Crippen molar-refractivity contribution in [1.82, 2.24) is 15.6 Å². The first-order valence-corrected chi connectivity index (χ1v) is 6.90. The Labute approximate surface area is 106 Å². The van der Waals surface area contributed by atoms with Crippen molar-refractivity contribution in [3.63, 3.8) is 0 Å². The molecule has 5 heteroatoms. The summed E-state index contributed by atoms with van der Waals surface area (Å²) < 4.78 is 0. The zero-order chi connectivity index (χ0) is 12.3. The fraction of sp³-hybridized carbons (Fsp3) is 0.667. The van der Waals surface area contributed by atoms with Gasteiger partial charge in [-0.2, -0.15) is 0 Å². The quantitative estimate of drug-likeness (QED) is 0.858. The maximum Gasteiger partial charge on any atom is 0.223 e. The van der Waals surface area contributed by atoms with Crippen LogP contribution < -0.4 is 10.6 Å². The van der Waals surface area contributed by atoms with E-state index in [4.69, 9.17) is 0 Å². The Kier molecular flexibility index (Phi) is 3.79. The highest BCUT2D eigenvalue weighted by molar-refractivity contribution is 7.09. The van der Waals surface area contributed by atoms with Gasteiger partial charge in [0.1, 0.15) is 5.01 Å². The summed E-state index contributed by atoms with van der Waals surface area (Å²) in [6.07, 6.45) is 3.64. The van der Waals surface area contributed by atoms with Gasteiger partial charge in [0.2, 0.25) is 5.91 Å². The molecule has 2 rings (SSSR count). The molecule has 0 aliphatic carbocycles. The van der Waals surface area contributed by atoms with E-state index < -0.39 is 0 Å². The number of piperidine rings is 1. The number of amides is 1. The van der Waals surface area contributed by atoms with Crippen molar-refractivity contribution in [2.24, 2.45) is 5.92 Å². The largest absolute Gasteiger partial charge is 0.344 e. The fourth-order valence-electron chi connectivity index (χ4n) is 2.08. The third kappa shape index (κ3) is 3.04. The van der Waals surface area contributed by atoms with Gasteiger partial charge in [-0.3, -0.25) is 4.79 Å². The maximum absolute atomic E-state index is 12.1. The predicted octanol–water partition coefficient (Wildman–Crippen LogP) is 1.49. The van der Waals surface area contributed by atoms with Gasteiger partial charge in [0.05, 0.1) is 5.54 Å². The number of aromatic nitrogens is 1. The number of nitrogens with one attached hydrogen (secondary N) is 2. The van der Waals surface area contributed by atoms with Crippen molar-refractivity contribution in [2.45, 2.75) is 32.2 Å². The van der Waals surface area contributed by atoms with Crippen LogP contribution in [-0.4, -0.2) is 24.0 Å². The molecule has 0 bridgehead atoms. The van der Waals surface area contributed by atoms with Gasteiger partial charge < -0.3 is 10.6 Å². The minimum Gasteiger partial charge on any atom is -0.344 e. The van der Waals surface area contributed by atoms with Crippen molar-refractivity contribution in [2.75, 3.05) is 13.1 Å². The van der Waals surface area contributed by atoms with E-state index in [1.165, 1.54) is 0 Å². The van der Waals surface area contributed by atoms with E-state index in [0.717, 1.165) is 30.9 Å². The maximum atomic E-state index is 12.1. The summed E-state index contributed by atoms with van der Waals surface area (Å²) in [5.41, 5.74) is -0.365. The van der Waals surface area contributed by atoms with Crippen LogP contribution in [-0.2, 0) is 10.3 Å². The lowest BCUT2D eigenvalue weighted by molar-refractivity contribution is -0.127. The molecule has 17 heavy (non-hydrogen) atoms. The van der Waals surface area contributed by atoms with Crippen LogP contribution in [0.4, 0.5) is 0 Å². The molecule has 0 radical (unpaired) electrons. The summed E-state index contributed by atoms with van der Waals surface area (Å²) in [7, 11) is 0. The average Bonchev–Trinajstić information content (AvgIpc) is 2.84. The van der Waals surface area contributed by atoms with Gasteiger partial charge in [0.15, 0.2) is 0 Å². The molecule has 1 fully saturated rings. The van der Waals surface area contributed by atoms with Crippen LogP contribution >= 0.6 is 11.3 Å². The molecular formula is C12H19N3OS. The second kappa shape index (κ2) is 5.14. The molecule has 2 heterocycles.